The molecule has 1 aromatic rings. The minimum absolute atomic E-state index is 0.0163. The molecule has 1 heterocycles. The van der Waals surface area contributed by atoms with E-state index in [1.54, 1.807) is 6.07 Å². The molecule has 0 radical (unpaired) electrons. The van der Waals surface area contributed by atoms with E-state index in [0.717, 1.165) is 18.2 Å². The van der Waals surface area contributed by atoms with Crippen LogP contribution in [0.3, 0.4) is 0 Å². The van der Waals surface area contributed by atoms with Crippen LogP contribution in [0.5, 0.6) is 5.88 Å². The third kappa shape index (κ3) is 3.66. The lowest BCUT2D eigenvalue weighted by Gasteiger charge is -2.11. The monoisotopic (exact) mass is 225 g/mol. The van der Waals surface area contributed by atoms with Crippen LogP contribution >= 0.6 is 0 Å². The van der Waals surface area contributed by atoms with Gasteiger partial charge in [0.2, 0.25) is 5.88 Å². The van der Waals surface area contributed by atoms with E-state index in [1.165, 1.54) is 0 Å². The number of rotatable bonds is 6. The van der Waals surface area contributed by atoms with Gasteiger partial charge in [-0.1, -0.05) is 13.8 Å². The zero-order chi connectivity index (χ0) is 12.0. The molecule has 0 saturated heterocycles. The molecular formula is C11H19N3O2. The Bertz CT molecular complexity index is 329. The Morgan fingerprint density at radius 2 is 2.19 bits per heavy atom. The van der Waals surface area contributed by atoms with E-state index in [4.69, 9.17) is 9.84 Å². The first-order valence-corrected chi connectivity index (χ1v) is 5.53. The number of anilines is 1. The zero-order valence-corrected chi connectivity index (χ0v) is 10.0. The number of nitrogens with one attached hydrogen (secondary N) is 1. The van der Waals surface area contributed by atoms with E-state index in [-0.39, 0.29) is 19.1 Å². The second-order valence-electron chi connectivity index (χ2n) is 3.71. The molecule has 90 valence electrons. The summed E-state index contributed by atoms with van der Waals surface area (Å²) in [6.07, 6.45) is 0. The molecule has 0 aliphatic carbocycles. The van der Waals surface area contributed by atoms with Crippen molar-refractivity contribution in [3.8, 4) is 5.88 Å². The Hall–Kier alpha value is -1.36. The van der Waals surface area contributed by atoms with Crippen LogP contribution in [0.15, 0.2) is 6.07 Å². The fraction of sp³-hybridized carbons (Fsp3) is 0.636. The quantitative estimate of drug-likeness (QED) is 0.766. The summed E-state index contributed by atoms with van der Waals surface area (Å²) >= 11 is 0. The largest absolute Gasteiger partial charge is 0.475 e. The molecule has 16 heavy (non-hydrogen) atoms. The van der Waals surface area contributed by atoms with Gasteiger partial charge in [-0.3, -0.25) is 0 Å². The summed E-state index contributed by atoms with van der Waals surface area (Å²) in [7, 11) is 0. The molecule has 0 atom stereocenters. The van der Waals surface area contributed by atoms with E-state index in [0.29, 0.717) is 5.88 Å². The molecule has 0 saturated carbocycles. The van der Waals surface area contributed by atoms with Gasteiger partial charge in [-0.05, 0) is 6.92 Å². The van der Waals surface area contributed by atoms with E-state index in [1.807, 2.05) is 20.8 Å². The summed E-state index contributed by atoms with van der Waals surface area (Å²) in [6, 6.07) is 1.74. The van der Waals surface area contributed by atoms with Crippen molar-refractivity contribution in [3.63, 3.8) is 0 Å². The molecule has 0 aromatic carbocycles. The Kier molecular flexibility index (Phi) is 4.98. The fourth-order valence-electron chi connectivity index (χ4n) is 1.20. The van der Waals surface area contributed by atoms with Crippen molar-refractivity contribution in [2.45, 2.75) is 26.7 Å². The van der Waals surface area contributed by atoms with Crippen LogP contribution in [0.2, 0.25) is 0 Å². The number of aromatic nitrogens is 2. The predicted molar refractivity (Wildman–Crippen MR) is 62.9 cm³/mol. The van der Waals surface area contributed by atoms with Crippen molar-refractivity contribution in [1.82, 2.24) is 9.97 Å². The van der Waals surface area contributed by atoms with Crippen LogP contribution in [0.25, 0.3) is 0 Å². The smallest absolute Gasteiger partial charge is 0.218 e. The van der Waals surface area contributed by atoms with Gasteiger partial charge in [0.1, 0.15) is 18.2 Å². The third-order valence-electron chi connectivity index (χ3n) is 1.94. The maximum atomic E-state index is 8.69. The average Bonchev–Trinajstić information content (AvgIpc) is 2.26. The van der Waals surface area contributed by atoms with Gasteiger partial charge in [-0.15, -0.1) is 0 Å². The van der Waals surface area contributed by atoms with Crippen molar-refractivity contribution in [1.29, 1.82) is 0 Å². The van der Waals surface area contributed by atoms with Crippen LogP contribution in [-0.2, 0) is 0 Å². The Morgan fingerprint density at radius 1 is 1.44 bits per heavy atom. The summed E-state index contributed by atoms with van der Waals surface area (Å²) in [5.41, 5.74) is 0. The van der Waals surface area contributed by atoms with E-state index in [2.05, 4.69) is 15.3 Å². The Labute approximate surface area is 95.9 Å². The molecule has 0 aliphatic heterocycles. The number of ether oxygens (including phenoxy) is 1. The van der Waals surface area contributed by atoms with Crippen LogP contribution in [0.4, 0.5) is 5.82 Å². The van der Waals surface area contributed by atoms with E-state index < -0.39 is 0 Å². The summed E-state index contributed by atoms with van der Waals surface area (Å²) < 4.78 is 5.29. The lowest BCUT2D eigenvalue weighted by atomic mass is 10.2. The van der Waals surface area contributed by atoms with Crippen molar-refractivity contribution >= 4 is 5.82 Å². The number of hydrogen-bond donors (Lipinski definition) is 2. The standard InChI is InChI=1S/C11H19N3O2/c1-4-12-9-7-10(16-6-5-15)14-11(13-9)8(2)3/h7-8,15H,4-6H2,1-3H3,(H,12,13,14). The summed E-state index contributed by atoms with van der Waals surface area (Å²) in [5.74, 6) is 2.25. The molecule has 0 unspecified atom stereocenters. The minimum Gasteiger partial charge on any atom is -0.475 e. The maximum Gasteiger partial charge on any atom is 0.218 e. The van der Waals surface area contributed by atoms with Crippen molar-refractivity contribution in [3.05, 3.63) is 11.9 Å². The summed E-state index contributed by atoms with van der Waals surface area (Å²) in [6.45, 7) is 7.10. The SMILES string of the molecule is CCNc1cc(OCCO)nc(C(C)C)n1. The second-order valence-corrected chi connectivity index (χ2v) is 3.71. The Balaban J connectivity index is 2.89. The molecule has 2 N–H and O–H groups in total. The number of nitrogens with zero attached hydrogens (tertiary/aromatic N) is 2. The highest BCUT2D eigenvalue weighted by Crippen LogP contribution is 2.18. The fourth-order valence-corrected chi connectivity index (χ4v) is 1.20. The lowest BCUT2D eigenvalue weighted by Crippen LogP contribution is -2.09. The summed E-state index contributed by atoms with van der Waals surface area (Å²) in [5, 5.41) is 11.8. The summed E-state index contributed by atoms with van der Waals surface area (Å²) in [4.78, 5) is 8.63. The van der Waals surface area contributed by atoms with E-state index in [9.17, 15) is 0 Å². The molecule has 1 aromatic heterocycles. The van der Waals surface area contributed by atoms with E-state index >= 15 is 0 Å². The highest BCUT2D eigenvalue weighted by atomic mass is 16.5. The highest BCUT2D eigenvalue weighted by Gasteiger charge is 2.08. The first kappa shape index (κ1) is 12.7. The Morgan fingerprint density at radius 3 is 2.75 bits per heavy atom. The van der Waals surface area contributed by atoms with Gasteiger partial charge in [0.05, 0.1) is 6.61 Å². The highest BCUT2D eigenvalue weighted by molar-refractivity contribution is 5.38. The van der Waals surface area contributed by atoms with Gasteiger partial charge in [0, 0.05) is 18.5 Å². The first-order chi connectivity index (χ1) is 7.67. The lowest BCUT2D eigenvalue weighted by molar-refractivity contribution is 0.196. The number of aliphatic hydroxyl groups excluding tert-OH is 1. The van der Waals surface area contributed by atoms with Gasteiger partial charge in [0.15, 0.2) is 0 Å². The van der Waals surface area contributed by atoms with Crippen LogP contribution in [-0.4, -0.2) is 34.8 Å². The van der Waals surface area contributed by atoms with Gasteiger partial charge in [-0.2, -0.15) is 4.98 Å². The predicted octanol–water partition coefficient (Wildman–Crippen LogP) is 1.40. The molecule has 0 aliphatic rings. The average molecular weight is 225 g/mol. The van der Waals surface area contributed by atoms with Crippen LogP contribution in [0.1, 0.15) is 32.5 Å². The van der Waals surface area contributed by atoms with Crippen molar-refractivity contribution in [2.24, 2.45) is 0 Å². The molecule has 0 spiro atoms. The van der Waals surface area contributed by atoms with Crippen LogP contribution in [0, 0.1) is 0 Å². The van der Waals surface area contributed by atoms with Gasteiger partial charge < -0.3 is 15.2 Å². The molecule has 0 amide bonds. The number of aliphatic hydroxyl groups is 1. The van der Waals surface area contributed by atoms with Gasteiger partial charge >= 0.3 is 0 Å². The zero-order valence-electron chi connectivity index (χ0n) is 10.0. The molecule has 5 nitrogen and oxygen atoms in total. The van der Waals surface area contributed by atoms with Crippen molar-refractivity contribution in [2.75, 3.05) is 25.1 Å². The number of hydrogen-bond acceptors (Lipinski definition) is 5. The van der Waals surface area contributed by atoms with Crippen molar-refractivity contribution < 1.29 is 9.84 Å². The topological polar surface area (TPSA) is 67.3 Å². The van der Waals surface area contributed by atoms with Gasteiger partial charge in [0.25, 0.3) is 0 Å². The second kappa shape index (κ2) is 6.27. The molecule has 5 heteroatoms. The maximum absolute atomic E-state index is 8.69. The molecule has 1 rings (SSSR count). The normalized spacial score (nSPS) is 10.6. The molecule has 0 bridgehead atoms. The minimum atomic E-state index is -0.0163. The third-order valence-corrected chi connectivity index (χ3v) is 1.94. The molecular weight excluding hydrogens is 206 g/mol. The first-order valence-electron chi connectivity index (χ1n) is 5.53. The van der Waals surface area contributed by atoms with Crippen LogP contribution < -0.4 is 10.1 Å². The molecule has 0 fully saturated rings. The van der Waals surface area contributed by atoms with Gasteiger partial charge in [-0.25, -0.2) is 4.98 Å².